The lowest BCUT2D eigenvalue weighted by Crippen LogP contribution is -2.34. The molecule has 1 aliphatic carbocycles. The van der Waals surface area contributed by atoms with Crippen molar-refractivity contribution in [3.63, 3.8) is 0 Å². The Morgan fingerprint density at radius 1 is 1.44 bits per heavy atom. The van der Waals surface area contributed by atoms with E-state index in [1.165, 1.54) is 12.8 Å². The van der Waals surface area contributed by atoms with Gasteiger partial charge in [0.2, 0.25) is 0 Å². The predicted molar refractivity (Wildman–Crippen MR) is 64.1 cm³/mol. The Kier molecular flexibility index (Phi) is 5.75. The topological polar surface area (TPSA) is 48.3 Å². The highest BCUT2D eigenvalue weighted by Crippen LogP contribution is 2.47. The molecule has 16 heavy (non-hydrogen) atoms. The van der Waals surface area contributed by atoms with E-state index < -0.39 is 0 Å². The number of nitrogens with zero attached hydrogens (tertiary/aromatic N) is 2. The summed E-state index contributed by atoms with van der Waals surface area (Å²) in [6.07, 6.45) is 3.14. The number of likely N-dealkylation sites (N-methyl/N-ethyl adjacent to an activating group) is 1. The van der Waals surface area contributed by atoms with Gasteiger partial charge in [0.05, 0.1) is 12.7 Å². The van der Waals surface area contributed by atoms with Gasteiger partial charge in [-0.15, -0.1) is 0 Å². The first-order chi connectivity index (χ1) is 7.72. The van der Waals surface area contributed by atoms with E-state index in [1.807, 2.05) is 0 Å². The highest BCUT2D eigenvalue weighted by Gasteiger charge is 2.41. The van der Waals surface area contributed by atoms with Gasteiger partial charge in [-0.2, -0.15) is 5.26 Å². The van der Waals surface area contributed by atoms with Gasteiger partial charge in [0.25, 0.3) is 0 Å². The molecular weight excluding hydrogens is 202 g/mol. The lowest BCUT2D eigenvalue weighted by atomic mass is 10.0. The molecule has 1 fully saturated rings. The van der Waals surface area contributed by atoms with Crippen molar-refractivity contribution < 1.29 is 4.74 Å². The van der Waals surface area contributed by atoms with Gasteiger partial charge in [-0.1, -0.05) is 0 Å². The molecule has 1 aliphatic rings. The van der Waals surface area contributed by atoms with E-state index in [1.54, 1.807) is 7.11 Å². The van der Waals surface area contributed by atoms with Gasteiger partial charge in [-0.25, -0.2) is 0 Å². The Balaban J connectivity index is 1.97. The second kappa shape index (κ2) is 6.85. The summed E-state index contributed by atoms with van der Waals surface area (Å²) in [6.45, 7) is 4.79. The molecule has 0 unspecified atom stereocenters. The van der Waals surface area contributed by atoms with Gasteiger partial charge in [0, 0.05) is 39.7 Å². The fourth-order valence-electron chi connectivity index (χ4n) is 1.74. The summed E-state index contributed by atoms with van der Waals surface area (Å²) in [4.78, 5) is 2.25. The van der Waals surface area contributed by atoms with Crippen LogP contribution in [-0.2, 0) is 4.74 Å². The van der Waals surface area contributed by atoms with E-state index in [2.05, 4.69) is 23.3 Å². The van der Waals surface area contributed by atoms with Crippen LogP contribution in [0.25, 0.3) is 0 Å². The Bertz CT molecular complexity index is 233. The first-order valence-corrected chi connectivity index (χ1v) is 5.98. The number of methoxy groups -OCH3 is 1. The molecule has 0 atom stereocenters. The standard InChI is InChI=1S/C12H23N3O/c1-15(9-10-16-2)8-7-14-11-12(3-4-12)5-6-13/h14H,3-5,7-11H2,1-2H3. The monoisotopic (exact) mass is 225 g/mol. The van der Waals surface area contributed by atoms with Gasteiger partial charge in [-0.05, 0) is 25.3 Å². The molecule has 1 N–H and O–H groups in total. The maximum Gasteiger partial charge on any atom is 0.0628 e. The molecule has 4 nitrogen and oxygen atoms in total. The minimum absolute atomic E-state index is 0.319. The Labute approximate surface area is 98.6 Å². The van der Waals surface area contributed by atoms with Crippen molar-refractivity contribution in [1.82, 2.24) is 10.2 Å². The molecular formula is C12H23N3O. The van der Waals surface area contributed by atoms with Crippen molar-refractivity contribution >= 4 is 0 Å². The minimum atomic E-state index is 0.319. The third kappa shape index (κ3) is 4.93. The van der Waals surface area contributed by atoms with Gasteiger partial charge in [-0.3, -0.25) is 0 Å². The van der Waals surface area contributed by atoms with Crippen LogP contribution >= 0.6 is 0 Å². The largest absolute Gasteiger partial charge is 0.383 e. The molecule has 0 amide bonds. The summed E-state index contributed by atoms with van der Waals surface area (Å²) >= 11 is 0. The van der Waals surface area contributed by atoms with Crippen molar-refractivity contribution in [2.24, 2.45) is 5.41 Å². The highest BCUT2D eigenvalue weighted by atomic mass is 16.5. The van der Waals surface area contributed by atoms with Crippen molar-refractivity contribution in [3.05, 3.63) is 0 Å². The predicted octanol–water partition coefficient (Wildman–Crippen LogP) is 0.848. The van der Waals surface area contributed by atoms with Crippen LogP contribution in [0.2, 0.25) is 0 Å². The van der Waals surface area contributed by atoms with Gasteiger partial charge >= 0.3 is 0 Å². The van der Waals surface area contributed by atoms with E-state index in [9.17, 15) is 0 Å². The highest BCUT2D eigenvalue weighted by molar-refractivity contribution is 5.00. The summed E-state index contributed by atoms with van der Waals surface area (Å²) in [6, 6.07) is 2.28. The fraction of sp³-hybridized carbons (Fsp3) is 0.917. The van der Waals surface area contributed by atoms with E-state index in [0.29, 0.717) is 11.8 Å². The molecule has 0 aromatic rings. The van der Waals surface area contributed by atoms with Crippen LogP contribution in [0.4, 0.5) is 0 Å². The maximum absolute atomic E-state index is 8.68. The second-order valence-corrected chi connectivity index (χ2v) is 4.81. The molecule has 0 aromatic carbocycles. The van der Waals surface area contributed by atoms with Crippen molar-refractivity contribution in [2.75, 3.05) is 46.9 Å². The van der Waals surface area contributed by atoms with Crippen molar-refractivity contribution in [2.45, 2.75) is 19.3 Å². The number of rotatable bonds is 9. The number of hydrogen-bond donors (Lipinski definition) is 1. The smallest absolute Gasteiger partial charge is 0.0628 e. The zero-order chi connectivity index (χ0) is 11.9. The molecule has 0 heterocycles. The Morgan fingerprint density at radius 2 is 2.19 bits per heavy atom. The average molecular weight is 225 g/mol. The van der Waals surface area contributed by atoms with Crippen molar-refractivity contribution in [3.8, 4) is 6.07 Å². The molecule has 0 radical (unpaired) electrons. The number of nitriles is 1. The SMILES string of the molecule is COCCN(C)CCNCC1(CC#N)CC1. The van der Waals surface area contributed by atoms with Crippen molar-refractivity contribution in [1.29, 1.82) is 5.26 Å². The molecule has 1 saturated carbocycles. The number of hydrogen-bond acceptors (Lipinski definition) is 4. The second-order valence-electron chi connectivity index (χ2n) is 4.81. The summed E-state index contributed by atoms with van der Waals surface area (Å²) in [7, 11) is 3.83. The first-order valence-electron chi connectivity index (χ1n) is 5.98. The minimum Gasteiger partial charge on any atom is -0.383 e. The van der Waals surface area contributed by atoms with Crippen LogP contribution in [0.3, 0.4) is 0 Å². The fourth-order valence-corrected chi connectivity index (χ4v) is 1.74. The van der Waals surface area contributed by atoms with E-state index in [-0.39, 0.29) is 0 Å². The molecule has 4 heteroatoms. The summed E-state index contributed by atoms with van der Waals surface area (Å²) in [5, 5.41) is 12.1. The van der Waals surface area contributed by atoms with E-state index in [0.717, 1.165) is 32.8 Å². The Morgan fingerprint density at radius 3 is 2.75 bits per heavy atom. The first kappa shape index (κ1) is 13.4. The third-order valence-corrected chi connectivity index (χ3v) is 3.26. The number of nitrogens with one attached hydrogen (secondary N) is 1. The average Bonchev–Trinajstić information content (AvgIpc) is 3.02. The molecule has 0 saturated heterocycles. The van der Waals surface area contributed by atoms with Crippen LogP contribution < -0.4 is 5.32 Å². The van der Waals surface area contributed by atoms with E-state index in [4.69, 9.17) is 10.00 Å². The van der Waals surface area contributed by atoms with Crippen LogP contribution in [-0.4, -0.2) is 51.8 Å². The molecule has 0 aliphatic heterocycles. The lowest BCUT2D eigenvalue weighted by molar-refractivity contribution is 0.161. The van der Waals surface area contributed by atoms with Gasteiger partial charge < -0.3 is 15.0 Å². The maximum atomic E-state index is 8.68. The lowest BCUT2D eigenvalue weighted by Gasteiger charge is -2.17. The summed E-state index contributed by atoms with van der Waals surface area (Å²) < 4.78 is 5.02. The van der Waals surface area contributed by atoms with Crippen LogP contribution in [0.5, 0.6) is 0 Å². The quantitative estimate of drug-likeness (QED) is 0.591. The number of ether oxygens (including phenoxy) is 1. The molecule has 0 bridgehead atoms. The molecule has 0 aromatic heterocycles. The normalized spacial score (nSPS) is 17.4. The Hall–Kier alpha value is -0.630. The zero-order valence-electron chi connectivity index (χ0n) is 10.5. The molecule has 0 spiro atoms. The van der Waals surface area contributed by atoms with E-state index >= 15 is 0 Å². The molecule has 1 rings (SSSR count). The van der Waals surface area contributed by atoms with Gasteiger partial charge in [0.15, 0.2) is 0 Å². The molecule has 92 valence electrons. The third-order valence-electron chi connectivity index (χ3n) is 3.26. The van der Waals surface area contributed by atoms with Gasteiger partial charge in [0.1, 0.15) is 0 Å². The van der Waals surface area contributed by atoms with Crippen LogP contribution in [0.1, 0.15) is 19.3 Å². The summed E-state index contributed by atoms with van der Waals surface area (Å²) in [5.74, 6) is 0. The summed E-state index contributed by atoms with van der Waals surface area (Å²) in [5.41, 5.74) is 0.319. The zero-order valence-corrected chi connectivity index (χ0v) is 10.5. The van der Waals surface area contributed by atoms with Crippen LogP contribution in [0.15, 0.2) is 0 Å². The van der Waals surface area contributed by atoms with Crippen LogP contribution in [0, 0.1) is 16.7 Å².